The van der Waals surface area contributed by atoms with Gasteiger partial charge in [-0.05, 0) is 36.6 Å². The zero-order valence-corrected chi connectivity index (χ0v) is 20.1. The Balaban J connectivity index is 1.38. The summed E-state index contributed by atoms with van der Waals surface area (Å²) in [6, 6.07) is 6.11. The second-order valence-corrected chi connectivity index (χ2v) is 9.58. The fourth-order valence-corrected chi connectivity index (χ4v) is 5.54. The molecule has 2 saturated heterocycles. The minimum absolute atomic E-state index is 0.0434. The number of nitrogens with zero attached hydrogens (tertiary/aromatic N) is 5. The lowest BCUT2D eigenvalue weighted by Gasteiger charge is -2.29. The number of carboxylic acids is 1. The molecule has 1 N–H and O–H groups in total. The van der Waals surface area contributed by atoms with Gasteiger partial charge >= 0.3 is 5.97 Å². The Bertz CT molecular complexity index is 1400. The van der Waals surface area contributed by atoms with Crippen LogP contribution in [0.2, 0.25) is 5.02 Å². The van der Waals surface area contributed by atoms with E-state index in [-0.39, 0.29) is 22.5 Å². The fraction of sp³-hybridized carbons (Fsp3) is 0.360. The number of hydrogen-bond acceptors (Lipinski definition) is 6. The number of benzene rings is 2. The molecule has 36 heavy (non-hydrogen) atoms. The van der Waals surface area contributed by atoms with Crippen molar-refractivity contribution >= 4 is 34.2 Å². The summed E-state index contributed by atoms with van der Waals surface area (Å²) in [5.41, 5.74) is 2.63. The average Bonchev–Trinajstić information content (AvgIpc) is 3.58. The molecule has 0 saturated carbocycles. The predicted molar refractivity (Wildman–Crippen MR) is 131 cm³/mol. The summed E-state index contributed by atoms with van der Waals surface area (Å²) in [4.78, 5) is 17.0. The number of morpholine rings is 1. The molecule has 0 bridgehead atoms. The zero-order chi connectivity index (χ0) is 25.0. The van der Waals surface area contributed by atoms with Crippen LogP contribution in [0, 0.1) is 11.6 Å². The normalized spacial score (nSPS) is 18.0. The maximum absolute atomic E-state index is 15.7. The Morgan fingerprint density at radius 1 is 1.14 bits per heavy atom. The average molecular weight is 516 g/mol. The van der Waals surface area contributed by atoms with E-state index in [2.05, 4.69) is 10.00 Å². The number of hydrogen-bond donors (Lipinski definition) is 1. The number of anilines is 1. The molecule has 0 spiro atoms. The fourth-order valence-electron chi connectivity index (χ4n) is 5.30. The van der Waals surface area contributed by atoms with E-state index in [1.165, 1.54) is 16.9 Å². The molecular weight excluding hydrogens is 492 g/mol. The van der Waals surface area contributed by atoms with Crippen LogP contribution in [0.15, 0.2) is 41.9 Å². The highest BCUT2D eigenvalue weighted by atomic mass is 35.5. The van der Waals surface area contributed by atoms with E-state index in [1.807, 2.05) is 4.90 Å². The summed E-state index contributed by atoms with van der Waals surface area (Å²) in [7, 11) is 0. The summed E-state index contributed by atoms with van der Waals surface area (Å²) in [5, 5.41) is 16.3. The van der Waals surface area contributed by atoms with Gasteiger partial charge in [-0.3, -0.25) is 4.79 Å². The van der Waals surface area contributed by atoms with Gasteiger partial charge in [0.15, 0.2) is 5.82 Å². The number of aromatic nitrogens is 2. The van der Waals surface area contributed by atoms with E-state index in [0.717, 1.165) is 25.1 Å². The molecular formula is C25H24ClF2N5O3. The van der Waals surface area contributed by atoms with Crippen molar-refractivity contribution in [2.24, 2.45) is 0 Å². The third-order valence-electron chi connectivity index (χ3n) is 7.02. The molecule has 3 aromatic rings. The number of fused-ring (bicyclic) bond motifs is 2. The van der Waals surface area contributed by atoms with Crippen molar-refractivity contribution in [3.63, 3.8) is 0 Å². The van der Waals surface area contributed by atoms with Crippen LogP contribution in [0.25, 0.3) is 22.0 Å². The molecule has 8 nitrogen and oxygen atoms in total. The van der Waals surface area contributed by atoms with Crippen molar-refractivity contribution in [1.82, 2.24) is 14.8 Å². The Labute approximate surface area is 210 Å². The molecule has 6 rings (SSSR count). The first-order chi connectivity index (χ1) is 17.4. The summed E-state index contributed by atoms with van der Waals surface area (Å²) in [6.07, 6.45) is 3.22. The maximum atomic E-state index is 15.7. The van der Waals surface area contributed by atoms with E-state index >= 15 is 8.78 Å². The standard InChI is InChI=1S/C25H24ClF2N5O3/c26-18-11-16(15-3-4-20(19(27)10-15)30-6-8-36-9-7-30)24(28)25-17(18)13-33(29-25)32-14-31-5-1-2-21(31)22(32)12-23(34)35/h3-4,10-11,13H,1-2,5-9,12,14H2,(H,34,35). The smallest absolute Gasteiger partial charge is 0.309 e. The molecule has 2 aromatic carbocycles. The van der Waals surface area contributed by atoms with E-state index in [4.69, 9.17) is 16.3 Å². The second kappa shape index (κ2) is 8.94. The SMILES string of the molecule is O=C(O)CC1=C2CCCN2CN1n1cc2c(Cl)cc(-c3ccc(N4CCOCC4)c(F)c3)c(F)c2n1. The van der Waals surface area contributed by atoms with Gasteiger partial charge in [0.2, 0.25) is 0 Å². The molecule has 0 radical (unpaired) electrons. The van der Waals surface area contributed by atoms with Gasteiger partial charge in [-0.1, -0.05) is 17.7 Å². The van der Waals surface area contributed by atoms with E-state index in [9.17, 15) is 9.90 Å². The van der Waals surface area contributed by atoms with Gasteiger partial charge in [-0.25, -0.2) is 13.8 Å². The third kappa shape index (κ3) is 3.84. The molecule has 1 aromatic heterocycles. The van der Waals surface area contributed by atoms with Crippen LogP contribution in [0.3, 0.4) is 0 Å². The number of allylic oxidation sites excluding steroid dienone is 1. The quantitative estimate of drug-likeness (QED) is 0.547. The lowest BCUT2D eigenvalue weighted by Crippen LogP contribution is -2.36. The largest absolute Gasteiger partial charge is 0.481 e. The van der Waals surface area contributed by atoms with E-state index in [0.29, 0.717) is 55.3 Å². The Morgan fingerprint density at radius 2 is 1.94 bits per heavy atom. The lowest BCUT2D eigenvalue weighted by atomic mass is 10.0. The third-order valence-corrected chi connectivity index (χ3v) is 7.34. The Kier molecular flexibility index (Phi) is 5.72. The first-order valence-electron chi connectivity index (χ1n) is 11.9. The van der Waals surface area contributed by atoms with Crippen molar-refractivity contribution < 1.29 is 23.4 Å². The van der Waals surface area contributed by atoms with Gasteiger partial charge < -0.3 is 19.6 Å². The second-order valence-electron chi connectivity index (χ2n) is 9.17. The molecule has 0 atom stereocenters. The lowest BCUT2D eigenvalue weighted by molar-refractivity contribution is -0.136. The number of rotatable bonds is 5. The van der Waals surface area contributed by atoms with Gasteiger partial charge in [0.05, 0.1) is 42.2 Å². The number of halogens is 3. The van der Waals surface area contributed by atoms with Crippen LogP contribution in [0.1, 0.15) is 19.3 Å². The summed E-state index contributed by atoms with van der Waals surface area (Å²) in [6.45, 7) is 3.52. The van der Waals surface area contributed by atoms with Crippen molar-refractivity contribution in [3.05, 3.63) is 58.5 Å². The van der Waals surface area contributed by atoms with Crippen LogP contribution < -0.4 is 9.91 Å². The summed E-state index contributed by atoms with van der Waals surface area (Å²) in [5.74, 6) is -2.00. The number of carbonyl (C=O) groups is 1. The first kappa shape index (κ1) is 23.1. The summed E-state index contributed by atoms with van der Waals surface area (Å²) >= 11 is 6.54. The molecule has 2 fully saturated rings. The monoisotopic (exact) mass is 515 g/mol. The van der Waals surface area contributed by atoms with Gasteiger partial charge in [0.1, 0.15) is 18.0 Å². The summed E-state index contributed by atoms with van der Waals surface area (Å²) < 4.78 is 36.1. The molecule has 188 valence electrons. The van der Waals surface area contributed by atoms with Crippen molar-refractivity contribution in [2.45, 2.75) is 19.3 Å². The van der Waals surface area contributed by atoms with Crippen LogP contribution >= 0.6 is 11.6 Å². The van der Waals surface area contributed by atoms with Gasteiger partial charge in [-0.2, -0.15) is 4.79 Å². The Morgan fingerprint density at radius 3 is 2.69 bits per heavy atom. The number of aliphatic carboxylic acids is 1. The molecule has 0 aliphatic carbocycles. The minimum atomic E-state index is -0.943. The molecule has 11 heteroatoms. The highest BCUT2D eigenvalue weighted by Gasteiger charge is 2.34. The zero-order valence-electron chi connectivity index (χ0n) is 19.4. The van der Waals surface area contributed by atoms with E-state index in [1.54, 1.807) is 23.3 Å². The molecule has 4 heterocycles. The van der Waals surface area contributed by atoms with Crippen molar-refractivity contribution in [2.75, 3.05) is 49.4 Å². The molecule has 0 unspecified atom stereocenters. The van der Waals surface area contributed by atoms with Crippen molar-refractivity contribution in [3.8, 4) is 11.1 Å². The number of ether oxygens (including phenoxy) is 1. The molecule has 3 aliphatic heterocycles. The topological polar surface area (TPSA) is 74.1 Å². The van der Waals surface area contributed by atoms with Crippen LogP contribution in [0.5, 0.6) is 0 Å². The molecule has 3 aliphatic rings. The Hall–Kier alpha value is -3.37. The number of carboxylic acid groups (broad SMARTS) is 1. The van der Waals surface area contributed by atoms with Crippen LogP contribution in [-0.4, -0.2) is 65.4 Å². The van der Waals surface area contributed by atoms with Gasteiger partial charge in [0, 0.05) is 36.3 Å². The van der Waals surface area contributed by atoms with Crippen LogP contribution in [-0.2, 0) is 9.53 Å². The van der Waals surface area contributed by atoms with Gasteiger partial charge in [0.25, 0.3) is 0 Å². The van der Waals surface area contributed by atoms with Crippen LogP contribution in [0.4, 0.5) is 14.5 Å². The van der Waals surface area contributed by atoms with Gasteiger partial charge in [-0.15, -0.1) is 5.10 Å². The van der Waals surface area contributed by atoms with E-state index < -0.39 is 17.6 Å². The first-order valence-corrected chi connectivity index (χ1v) is 12.2. The highest BCUT2D eigenvalue weighted by molar-refractivity contribution is 6.35. The van der Waals surface area contributed by atoms with Crippen molar-refractivity contribution in [1.29, 1.82) is 0 Å². The predicted octanol–water partition coefficient (Wildman–Crippen LogP) is 4.16. The molecule has 0 amide bonds. The minimum Gasteiger partial charge on any atom is -0.481 e. The highest BCUT2D eigenvalue weighted by Crippen LogP contribution is 2.37. The maximum Gasteiger partial charge on any atom is 0.309 e.